The molecule has 0 radical (unpaired) electrons. The van der Waals surface area contributed by atoms with Crippen molar-refractivity contribution in [1.82, 2.24) is 5.01 Å². The number of carbonyl (C=O) groups excluding carboxylic acids is 1. The largest absolute Gasteiger partial charge is 0.454 e. The molecule has 0 aliphatic carbocycles. The summed E-state index contributed by atoms with van der Waals surface area (Å²) in [7, 11) is -3.08. The molecular formula is C20H20N2O5S. The number of hydrogen-bond donors (Lipinski definition) is 0. The highest BCUT2D eigenvalue weighted by atomic mass is 32.2. The van der Waals surface area contributed by atoms with Gasteiger partial charge in [-0.25, -0.2) is 13.4 Å². The first-order valence-corrected chi connectivity index (χ1v) is 10.9. The van der Waals surface area contributed by atoms with Crippen LogP contribution in [-0.4, -0.2) is 38.1 Å². The van der Waals surface area contributed by atoms with Crippen LogP contribution in [0.15, 0.2) is 47.6 Å². The molecule has 0 saturated carbocycles. The van der Waals surface area contributed by atoms with Gasteiger partial charge in [0.05, 0.1) is 17.5 Å². The highest BCUT2D eigenvalue weighted by Gasteiger charge is 2.32. The minimum absolute atomic E-state index is 0.000845. The van der Waals surface area contributed by atoms with Crippen LogP contribution in [0.25, 0.3) is 0 Å². The normalized spacial score (nSPS) is 18.3. The van der Waals surface area contributed by atoms with Crippen LogP contribution in [0.5, 0.6) is 11.5 Å². The third kappa shape index (κ3) is 3.73. The number of amides is 1. The Morgan fingerprint density at radius 1 is 1.14 bits per heavy atom. The molecule has 0 aromatic heterocycles. The molecule has 28 heavy (non-hydrogen) atoms. The van der Waals surface area contributed by atoms with Gasteiger partial charge in [-0.15, -0.1) is 0 Å². The summed E-state index contributed by atoms with van der Waals surface area (Å²) in [6.45, 7) is 1.68. The number of hydrogen-bond acceptors (Lipinski definition) is 6. The van der Waals surface area contributed by atoms with E-state index in [1.54, 1.807) is 12.1 Å². The standard InChI is InChI=1S/C20H20N2O5S/c1-13(23)22-18(16-7-8-19-20(9-16)27-12-26-19)10-17(21-22)15-5-3-14(4-6-15)11-28(2,24)25/h3-9,18H,10-12H2,1-2H3. The van der Waals surface area contributed by atoms with Crippen molar-refractivity contribution in [1.29, 1.82) is 0 Å². The van der Waals surface area contributed by atoms with Crippen LogP contribution in [0.4, 0.5) is 0 Å². The Labute approximate surface area is 163 Å². The van der Waals surface area contributed by atoms with Crippen LogP contribution in [0.1, 0.15) is 36.1 Å². The summed E-state index contributed by atoms with van der Waals surface area (Å²) in [5, 5.41) is 6.01. The average molecular weight is 400 g/mol. The van der Waals surface area contributed by atoms with Crippen molar-refractivity contribution in [3.8, 4) is 11.5 Å². The Kier molecular flexibility index (Phi) is 4.58. The van der Waals surface area contributed by atoms with Crippen molar-refractivity contribution in [3.05, 3.63) is 59.2 Å². The van der Waals surface area contributed by atoms with E-state index in [1.807, 2.05) is 30.3 Å². The minimum Gasteiger partial charge on any atom is -0.454 e. The van der Waals surface area contributed by atoms with Crippen molar-refractivity contribution in [2.75, 3.05) is 13.0 Å². The Hall–Kier alpha value is -2.87. The number of carbonyl (C=O) groups is 1. The van der Waals surface area contributed by atoms with Crippen molar-refractivity contribution in [3.63, 3.8) is 0 Å². The van der Waals surface area contributed by atoms with Gasteiger partial charge in [0, 0.05) is 19.6 Å². The third-order valence-corrected chi connectivity index (χ3v) is 5.59. The van der Waals surface area contributed by atoms with Crippen molar-refractivity contribution in [2.45, 2.75) is 25.1 Å². The molecule has 4 rings (SSSR count). The lowest BCUT2D eigenvalue weighted by Crippen LogP contribution is -2.24. The summed E-state index contributed by atoms with van der Waals surface area (Å²) < 4.78 is 33.7. The van der Waals surface area contributed by atoms with Crippen LogP contribution < -0.4 is 9.47 Å². The maximum Gasteiger partial charge on any atom is 0.240 e. The summed E-state index contributed by atoms with van der Waals surface area (Å²) in [6, 6.07) is 12.7. The molecule has 2 aromatic rings. The van der Waals surface area contributed by atoms with E-state index in [1.165, 1.54) is 18.2 Å². The van der Waals surface area contributed by atoms with E-state index >= 15 is 0 Å². The molecule has 2 aromatic carbocycles. The molecule has 2 aliphatic heterocycles. The zero-order valence-electron chi connectivity index (χ0n) is 15.6. The van der Waals surface area contributed by atoms with E-state index in [-0.39, 0.29) is 24.5 Å². The first-order valence-electron chi connectivity index (χ1n) is 8.84. The molecular weight excluding hydrogens is 380 g/mol. The highest BCUT2D eigenvalue weighted by molar-refractivity contribution is 7.89. The lowest BCUT2D eigenvalue weighted by Gasteiger charge is -2.20. The predicted molar refractivity (Wildman–Crippen MR) is 104 cm³/mol. The molecule has 1 amide bonds. The maximum atomic E-state index is 12.1. The van der Waals surface area contributed by atoms with Gasteiger partial charge in [0.1, 0.15) is 0 Å². The first-order chi connectivity index (χ1) is 13.3. The quantitative estimate of drug-likeness (QED) is 0.788. The average Bonchev–Trinajstić information content (AvgIpc) is 3.27. The van der Waals surface area contributed by atoms with E-state index < -0.39 is 9.84 Å². The van der Waals surface area contributed by atoms with E-state index in [0.29, 0.717) is 17.9 Å². The van der Waals surface area contributed by atoms with Gasteiger partial charge < -0.3 is 9.47 Å². The third-order valence-electron chi connectivity index (χ3n) is 4.73. The number of ether oxygens (including phenoxy) is 2. The fourth-order valence-corrected chi connectivity index (χ4v) is 4.25. The SMILES string of the molecule is CC(=O)N1N=C(c2ccc(CS(C)(=O)=O)cc2)CC1c1ccc2c(c1)OCO2. The topological polar surface area (TPSA) is 85.3 Å². The van der Waals surface area contributed by atoms with E-state index in [4.69, 9.17) is 9.47 Å². The Morgan fingerprint density at radius 2 is 1.86 bits per heavy atom. The Bertz CT molecular complexity index is 1060. The lowest BCUT2D eigenvalue weighted by atomic mass is 9.97. The van der Waals surface area contributed by atoms with Crippen molar-refractivity contribution >= 4 is 21.5 Å². The van der Waals surface area contributed by atoms with E-state index in [9.17, 15) is 13.2 Å². The lowest BCUT2D eigenvalue weighted by molar-refractivity contribution is -0.130. The van der Waals surface area contributed by atoms with Crippen molar-refractivity contribution < 1.29 is 22.7 Å². The second kappa shape index (κ2) is 6.94. The first kappa shape index (κ1) is 18.5. The molecule has 2 heterocycles. The fraction of sp³-hybridized carbons (Fsp3) is 0.300. The van der Waals surface area contributed by atoms with Crippen molar-refractivity contribution in [2.24, 2.45) is 5.10 Å². The second-order valence-electron chi connectivity index (χ2n) is 7.01. The molecule has 0 spiro atoms. The van der Waals surface area contributed by atoms with Gasteiger partial charge in [0.2, 0.25) is 12.7 Å². The number of rotatable bonds is 4. The van der Waals surface area contributed by atoms with Gasteiger partial charge in [-0.3, -0.25) is 4.79 Å². The summed E-state index contributed by atoms with van der Waals surface area (Å²) in [5.74, 6) is 1.21. The monoisotopic (exact) mass is 400 g/mol. The van der Waals surface area contributed by atoms with Gasteiger partial charge in [0.25, 0.3) is 0 Å². The molecule has 0 saturated heterocycles. The van der Waals surface area contributed by atoms with Gasteiger partial charge >= 0.3 is 0 Å². The Morgan fingerprint density at radius 3 is 2.54 bits per heavy atom. The molecule has 1 atom stereocenters. The maximum absolute atomic E-state index is 12.1. The van der Waals surface area contributed by atoms with Gasteiger partial charge in [-0.05, 0) is 28.8 Å². The smallest absolute Gasteiger partial charge is 0.240 e. The van der Waals surface area contributed by atoms with Crippen LogP contribution in [0, 0.1) is 0 Å². The predicted octanol–water partition coefficient (Wildman–Crippen LogP) is 2.66. The van der Waals surface area contributed by atoms with Crippen LogP contribution in [0.3, 0.4) is 0 Å². The fourth-order valence-electron chi connectivity index (χ4n) is 3.45. The van der Waals surface area contributed by atoms with Crippen LogP contribution in [-0.2, 0) is 20.4 Å². The molecule has 0 N–H and O–H groups in total. The molecule has 0 bridgehead atoms. The van der Waals surface area contributed by atoms with Crippen LogP contribution >= 0.6 is 0 Å². The number of benzene rings is 2. The molecule has 0 fully saturated rings. The molecule has 7 nitrogen and oxygen atoms in total. The molecule has 8 heteroatoms. The summed E-state index contributed by atoms with van der Waals surface area (Å²) in [5.41, 5.74) is 3.29. The molecule has 1 unspecified atom stereocenters. The van der Waals surface area contributed by atoms with Gasteiger partial charge in [-0.1, -0.05) is 30.3 Å². The highest BCUT2D eigenvalue weighted by Crippen LogP contribution is 2.39. The summed E-state index contributed by atoms with van der Waals surface area (Å²) in [6.07, 6.45) is 1.77. The molecule has 2 aliphatic rings. The summed E-state index contributed by atoms with van der Waals surface area (Å²) in [4.78, 5) is 12.1. The summed E-state index contributed by atoms with van der Waals surface area (Å²) >= 11 is 0. The zero-order chi connectivity index (χ0) is 19.9. The Balaban J connectivity index is 1.59. The van der Waals surface area contributed by atoms with E-state index in [0.717, 1.165) is 22.4 Å². The van der Waals surface area contributed by atoms with E-state index in [2.05, 4.69) is 5.10 Å². The number of sulfone groups is 1. The number of nitrogens with zero attached hydrogens (tertiary/aromatic N) is 2. The molecule has 146 valence electrons. The number of hydrazone groups is 1. The zero-order valence-corrected chi connectivity index (χ0v) is 16.4. The number of fused-ring (bicyclic) bond motifs is 1. The van der Waals surface area contributed by atoms with Gasteiger partial charge in [0.15, 0.2) is 21.3 Å². The minimum atomic E-state index is -3.08. The van der Waals surface area contributed by atoms with Crippen LogP contribution in [0.2, 0.25) is 0 Å². The second-order valence-corrected chi connectivity index (χ2v) is 9.15. The van der Waals surface area contributed by atoms with Gasteiger partial charge in [-0.2, -0.15) is 5.10 Å².